The molecule has 0 aliphatic carbocycles. The second-order valence-electron chi connectivity index (χ2n) is 6.16. The number of rotatable bonds is 7. The molecule has 1 amide bonds. The molecule has 1 aromatic carbocycles. The second kappa shape index (κ2) is 8.50. The van der Waals surface area contributed by atoms with Crippen molar-refractivity contribution in [2.45, 2.75) is 18.4 Å². The number of ether oxygens (including phenoxy) is 1. The number of aryl methyl sites for hydroxylation is 2. The molecule has 3 aromatic rings. The van der Waals surface area contributed by atoms with Crippen LogP contribution in [0.5, 0.6) is 5.75 Å². The Bertz CT molecular complexity index is 1170. The Morgan fingerprint density at radius 1 is 1.27 bits per heavy atom. The van der Waals surface area contributed by atoms with Crippen molar-refractivity contribution in [2.24, 2.45) is 7.05 Å². The molecule has 0 saturated heterocycles. The minimum atomic E-state index is -3.68. The van der Waals surface area contributed by atoms with Crippen molar-refractivity contribution in [3.8, 4) is 17.0 Å². The Morgan fingerprint density at radius 2 is 1.93 bits per heavy atom. The van der Waals surface area contributed by atoms with E-state index in [9.17, 15) is 22.0 Å². The molecule has 0 saturated carbocycles. The Morgan fingerprint density at radius 3 is 2.53 bits per heavy atom. The molecule has 30 heavy (non-hydrogen) atoms. The van der Waals surface area contributed by atoms with Crippen LogP contribution < -0.4 is 14.8 Å². The number of nitrogens with one attached hydrogen (secondary N) is 2. The number of carbonyl (C=O) groups is 1. The average molecular weight is 456 g/mol. The van der Waals surface area contributed by atoms with Crippen LogP contribution >= 0.6 is 11.3 Å². The molecule has 0 unspecified atom stereocenters. The third kappa shape index (κ3) is 4.66. The SMILES string of the molecule is CNS(=O)(=O)c1cc(C(=O)Nc2nc(-c3ccc(OC(F)F)cc3)c(C)s2)n(C)c1. The quantitative estimate of drug-likeness (QED) is 0.568. The molecule has 0 bridgehead atoms. The molecule has 2 aromatic heterocycles. The summed E-state index contributed by atoms with van der Waals surface area (Å²) in [6, 6.07) is 7.28. The Balaban J connectivity index is 1.80. The van der Waals surface area contributed by atoms with Gasteiger partial charge in [-0.1, -0.05) is 0 Å². The predicted octanol–water partition coefficient (Wildman–Crippen LogP) is 3.22. The lowest BCUT2D eigenvalue weighted by atomic mass is 10.1. The molecule has 0 aliphatic rings. The summed E-state index contributed by atoms with van der Waals surface area (Å²) in [5.41, 5.74) is 1.41. The minimum absolute atomic E-state index is 0.0280. The molecule has 0 aliphatic heterocycles. The maximum atomic E-state index is 12.6. The lowest BCUT2D eigenvalue weighted by molar-refractivity contribution is -0.0498. The minimum Gasteiger partial charge on any atom is -0.435 e. The van der Waals surface area contributed by atoms with Gasteiger partial charge in [0.1, 0.15) is 16.3 Å². The van der Waals surface area contributed by atoms with Gasteiger partial charge in [0.2, 0.25) is 10.0 Å². The molecule has 0 radical (unpaired) electrons. The van der Waals surface area contributed by atoms with Gasteiger partial charge in [-0.05, 0) is 44.3 Å². The average Bonchev–Trinajstić information content (AvgIpc) is 3.25. The molecule has 2 N–H and O–H groups in total. The zero-order chi connectivity index (χ0) is 22.1. The van der Waals surface area contributed by atoms with E-state index < -0.39 is 22.5 Å². The largest absolute Gasteiger partial charge is 0.435 e. The molecule has 0 atom stereocenters. The molecule has 0 fully saturated rings. The van der Waals surface area contributed by atoms with Gasteiger partial charge in [0, 0.05) is 23.7 Å². The Kier molecular flexibility index (Phi) is 6.19. The number of aromatic nitrogens is 2. The van der Waals surface area contributed by atoms with E-state index in [0.717, 1.165) is 4.88 Å². The summed E-state index contributed by atoms with van der Waals surface area (Å²) in [5, 5.41) is 2.98. The van der Waals surface area contributed by atoms with E-state index in [0.29, 0.717) is 16.4 Å². The van der Waals surface area contributed by atoms with E-state index >= 15 is 0 Å². The van der Waals surface area contributed by atoms with Gasteiger partial charge >= 0.3 is 6.61 Å². The number of thiazole rings is 1. The highest BCUT2D eigenvalue weighted by molar-refractivity contribution is 7.89. The number of halogens is 2. The molecule has 8 nitrogen and oxygen atoms in total. The number of anilines is 1. The number of alkyl halides is 2. The van der Waals surface area contributed by atoms with Crippen molar-refractivity contribution < 1.29 is 26.7 Å². The van der Waals surface area contributed by atoms with Crippen molar-refractivity contribution in [1.82, 2.24) is 14.3 Å². The van der Waals surface area contributed by atoms with Gasteiger partial charge in [-0.15, -0.1) is 11.3 Å². The number of hydrogen-bond donors (Lipinski definition) is 2. The van der Waals surface area contributed by atoms with Crippen LogP contribution in [-0.2, 0) is 17.1 Å². The first-order valence-corrected chi connectivity index (χ1v) is 10.8. The van der Waals surface area contributed by atoms with E-state index in [2.05, 4.69) is 19.8 Å². The van der Waals surface area contributed by atoms with Crippen molar-refractivity contribution >= 4 is 32.4 Å². The summed E-state index contributed by atoms with van der Waals surface area (Å²) in [6.45, 7) is -1.09. The monoisotopic (exact) mass is 456 g/mol. The smallest absolute Gasteiger partial charge is 0.387 e. The van der Waals surface area contributed by atoms with Crippen LogP contribution in [-0.4, -0.2) is 37.5 Å². The second-order valence-corrected chi connectivity index (χ2v) is 9.25. The first kappa shape index (κ1) is 21.9. The van der Waals surface area contributed by atoms with Gasteiger partial charge in [0.05, 0.1) is 5.69 Å². The predicted molar refractivity (Wildman–Crippen MR) is 109 cm³/mol. The maximum Gasteiger partial charge on any atom is 0.387 e. The molecule has 12 heteroatoms. The van der Waals surface area contributed by atoms with Crippen molar-refractivity contribution in [2.75, 3.05) is 12.4 Å². The zero-order valence-electron chi connectivity index (χ0n) is 16.1. The number of hydrogen-bond acceptors (Lipinski definition) is 6. The summed E-state index contributed by atoms with van der Waals surface area (Å²) in [6.07, 6.45) is 1.34. The summed E-state index contributed by atoms with van der Waals surface area (Å²) in [4.78, 5) is 17.8. The van der Waals surface area contributed by atoms with E-state index in [1.54, 1.807) is 19.2 Å². The Hall–Kier alpha value is -2.83. The molecular formula is C18H18F2N4O4S2. The number of benzene rings is 1. The van der Waals surface area contributed by atoms with Gasteiger partial charge < -0.3 is 9.30 Å². The van der Waals surface area contributed by atoms with E-state index in [4.69, 9.17) is 0 Å². The van der Waals surface area contributed by atoms with Gasteiger partial charge in [0.25, 0.3) is 5.91 Å². The Labute approximate surface area is 175 Å². The molecule has 160 valence electrons. The summed E-state index contributed by atoms with van der Waals surface area (Å²) in [7, 11) is -0.831. The number of sulfonamides is 1. The van der Waals surface area contributed by atoms with Crippen LogP contribution in [0.3, 0.4) is 0 Å². The zero-order valence-corrected chi connectivity index (χ0v) is 17.8. The standard InChI is InChI=1S/C18H18F2N4O4S2/c1-10-15(11-4-6-12(7-5-11)28-17(19)20)22-18(29-10)23-16(25)14-8-13(9-24(14)3)30(26,27)21-2/h4-9,17,21H,1-3H3,(H,22,23,25). The highest BCUT2D eigenvalue weighted by atomic mass is 32.2. The van der Waals surface area contributed by atoms with Gasteiger partial charge in [-0.2, -0.15) is 8.78 Å². The topological polar surface area (TPSA) is 102 Å². The summed E-state index contributed by atoms with van der Waals surface area (Å²) >= 11 is 1.24. The fourth-order valence-electron chi connectivity index (χ4n) is 2.70. The van der Waals surface area contributed by atoms with Crippen molar-refractivity contribution in [3.05, 3.63) is 47.1 Å². The lowest BCUT2D eigenvalue weighted by Crippen LogP contribution is -2.18. The summed E-state index contributed by atoms with van der Waals surface area (Å²) in [5.74, 6) is -0.484. The maximum absolute atomic E-state index is 12.6. The van der Waals surface area contributed by atoms with E-state index in [1.165, 1.54) is 47.3 Å². The lowest BCUT2D eigenvalue weighted by Gasteiger charge is -2.05. The van der Waals surface area contributed by atoms with Gasteiger partial charge in [-0.25, -0.2) is 18.1 Å². The van der Waals surface area contributed by atoms with Crippen LogP contribution in [0.4, 0.5) is 13.9 Å². The van der Waals surface area contributed by atoms with Crippen molar-refractivity contribution in [1.29, 1.82) is 0 Å². The summed E-state index contributed by atoms with van der Waals surface area (Å²) < 4.78 is 56.3. The number of carbonyl (C=O) groups excluding carboxylic acids is 1. The molecular weight excluding hydrogens is 438 g/mol. The molecule has 3 rings (SSSR count). The fourth-order valence-corrected chi connectivity index (χ4v) is 4.33. The number of amides is 1. The highest BCUT2D eigenvalue weighted by Gasteiger charge is 2.20. The van der Waals surface area contributed by atoms with Crippen molar-refractivity contribution in [3.63, 3.8) is 0 Å². The van der Waals surface area contributed by atoms with Crippen LogP contribution in [0, 0.1) is 6.92 Å². The van der Waals surface area contributed by atoms with Gasteiger partial charge in [-0.3, -0.25) is 10.1 Å². The van der Waals surface area contributed by atoms with Crippen LogP contribution in [0.2, 0.25) is 0 Å². The molecule has 2 heterocycles. The fraction of sp³-hybridized carbons (Fsp3) is 0.222. The number of nitrogens with zero attached hydrogens (tertiary/aromatic N) is 2. The first-order valence-electron chi connectivity index (χ1n) is 8.54. The first-order chi connectivity index (χ1) is 14.1. The highest BCUT2D eigenvalue weighted by Crippen LogP contribution is 2.32. The van der Waals surface area contributed by atoms with Crippen LogP contribution in [0.15, 0.2) is 41.4 Å². The third-order valence-corrected chi connectivity index (χ3v) is 6.43. The van der Waals surface area contributed by atoms with Gasteiger partial charge in [0.15, 0.2) is 5.13 Å². The van der Waals surface area contributed by atoms with E-state index in [1.807, 2.05) is 6.92 Å². The van der Waals surface area contributed by atoms with Crippen LogP contribution in [0.25, 0.3) is 11.3 Å². The van der Waals surface area contributed by atoms with Crippen LogP contribution in [0.1, 0.15) is 15.4 Å². The van der Waals surface area contributed by atoms with E-state index in [-0.39, 0.29) is 16.3 Å². The molecule has 0 spiro atoms. The third-order valence-electron chi connectivity index (χ3n) is 4.16. The normalized spacial score (nSPS) is 11.7.